The monoisotopic (exact) mass is 482 g/mol. The maximum absolute atomic E-state index is 12.9. The van der Waals surface area contributed by atoms with E-state index in [1.165, 1.54) is 25.0 Å². The lowest BCUT2D eigenvalue weighted by Gasteiger charge is -2.25. The van der Waals surface area contributed by atoms with Gasteiger partial charge in [-0.2, -0.15) is 5.48 Å². The number of piperidine rings is 1. The van der Waals surface area contributed by atoms with Crippen molar-refractivity contribution in [1.29, 1.82) is 0 Å². The molecule has 1 amide bonds. The fourth-order valence-electron chi connectivity index (χ4n) is 4.24. The Kier molecular flexibility index (Phi) is 8.46. The van der Waals surface area contributed by atoms with E-state index in [1.54, 1.807) is 19.1 Å². The molecule has 1 aromatic rings. The smallest absolute Gasteiger partial charge is 0.341 e. The Morgan fingerprint density at radius 1 is 1.21 bits per heavy atom. The van der Waals surface area contributed by atoms with Crippen LogP contribution in [-0.2, 0) is 24.3 Å². The van der Waals surface area contributed by atoms with Crippen LogP contribution in [-0.4, -0.2) is 62.1 Å². The van der Waals surface area contributed by atoms with Crippen molar-refractivity contribution in [3.63, 3.8) is 0 Å². The van der Waals surface area contributed by atoms with Gasteiger partial charge in [0.2, 0.25) is 20.6 Å². The molecule has 6 N–H and O–H groups in total. The van der Waals surface area contributed by atoms with E-state index in [4.69, 9.17) is 10.6 Å². The van der Waals surface area contributed by atoms with Gasteiger partial charge in [-0.05, 0) is 70.2 Å². The molecular weight excluding hydrogens is 448 g/mol. The van der Waals surface area contributed by atoms with Crippen molar-refractivity contribution in [3.8, 4) is 0 Å². The summed E-state index contributed by atoms with van der Waals surface area (Å²) < 4.78 is 25.8. The van der Waals surface area contributed by atoms with Crippen LogP contribution in [0, 0.1) is 12.8 Å². The van der Waals surface area contributed by atoms with Gasteiger partial charge >= 0.3 is 5.97 Å². The zero-order valence-electron chi connectivity index (χ0n) is 18.9. The summed E-state index contributed by atoms with van der Waals surface area (Å²) in [6.07, 6.45) is 4.69. The Balaban J connectivity index is 1.51. The normalized spacial score (nSPS) is 23.7. The molecule has 2 aliphatic heterocycles. The number of aliphatic carboxylic acids is 1. The van der Waals surface area contributed by atoms with Crippen molar-refractivity contribution in [2.24, 2.45) is 11.7 Å². The van der Waals surface area contributed by atoms with Gasteiger partial charge < -0.3 is 21.5 Å². The van der Waals surface area contributed by atoms with Gasteiger partial charge in [0.1, 0.15) is 0 Å². The van der Waals surface area contributed by atoms with Crippen LogP contribution in [0.1, 0.15) is 44.1 Å². The Hall–Kier alpha value is -2.05. The third kappa shape index (κ3) is 6.30. The third-order valence-electron chi connectivity index (χ3n) is 6.46. The number of carboxylic acid groups (broad SMARTS) is 1. The highest BCUT2D eigenvalue weighted by atomic mass is 32.2. The largest absolute Gasteiger partial charge is 0.479 e. The van der Waals surface area contributed by atoms with E-state index < -0.39 is 33.1 Å². The van der Waals surface area contributed by atoms with Gasteiger partial charge in [0.05, 0.1) is 24.0 Å². The minimum Gasteiger partial charge on any atom is -0.479 e. The van der Waals surface area contributed by atoms with E-state index in [0.29, 0.717) is 12.3 Å². The number of nitrogens with two attached hydrogens (primary N) is 1. The second-order valence-electron chi connectivity index (χ2n) is 9.05. The summed E-state index contributed by atoms with van der Waals surface area (Å²) in [5.41, 5.74) is 9.63. The van der Waals surface area contributed by atoms with Crippen LogP contribution in [0.15, 0.2) is 29.2 Å². The third-order valence-corrected chi connectivity index (χ3v) is 8.64. The lowest BCUT2D eigenvalue weighted by atomic mass is 9.90. The Morgan fingerprint density at radius 2 is 1.88 bits per heavy atom. The standard InChI is InChI=1S/C22H34N4O6S/c1-15-2-6-19(7-3-15)33(30,31)22(23,21(28)29)14-25-20(27)13-18-12-17(26-32-18)5-4-16-8-10-24-11-9-16/h2-3,6-7,16-18,24,26H,4-5,8-14,23H2,1H3,(H,25,27)(H,28,29)/t17-,18+,22-/m0/s1. The SMILES string of the molecule is Cc1ccc(S(=O)(=O)[C@@](N)(CNC(=O)C[C@H]2C[C@H](CCC3CCNCC3)NO2)C(=O)O)cc1. The van der Waals surface area contributed by atoms with E-state index in [9.17, 15) is 23.1 Å². The Labute approximate surface area is 194 Å². The first kappa shape index (κ1) is 25.6. The van der Waals surface area contributed by atoms with Crippen LogP contribution in [0.5, 0.6) is 0 Å². The topological polar surface area (TPSA) is 160 Å². The van der Waals surface area contributed by atoms with Gasteiger partial charge in [-0.25, -0.2) is 13.2 Å². The second-order valence-corrected chi connectivity index (χ2v) is 11.3. The molecule has 2 fully saturated rings. The predicted molar refractivity (Wildman–Crippen MR) is 122 cm³/mol. The molecule has 2 aliphatic rings. The number of hydrogen-bond acceptors (Lipinski definition) is 8. The number of aryl methyl sites for hydroxylation is 1. The molecule has 33 heavy (non-hydrogen) atoms. The zero-order chi connectivity index (χ0) is 24.1. The molecule has 2 saturated heterocycles. The zero-order valence-corrected chi connectivity index (χ0v) is 19.7. The lowest BCUT2D eigenvalue weighted by molar-refractivity contribution is -0.140. The molecule has 0 spiro atoms. The van der Waals surface area contributed by atoms with Crippen molar-refractivity contribution in [2.75, 3.05) is 19.6 Å². The van der Waals surface area contributed by atoms with Crippen LogP contribution in [0.25, 0.3) is 0 Å². The highest BCUT2D eigenvalue weighted by molar-refractivity contribution is 7.93. The average Bonchev–Trinajstić information content (AvgIpc) is 3.24. The number of carboxylic acids is 1. The molecule has 0 saturated carbocycles. The van der Waals surface area contributed by atoms with Crippen molar-refractivity contribution >= 4 is 21.7 Å². The molecule has 11 heteroatoms. The Morgan fingerprint density at radius 3 is 2.52 bits per heavy atom. The van der Waals surface area contributed by atoms with Crippen molar-refractivity contribution in [1.82, 2.24) is 16.1 Å². The number of hydroxylamine groups is 1. The van der Waals surface area contributed by atoms with E-state index in [-0.39, 0.29) is 23.5 Å². The molecule has 3 rings (SSSR count). The van der Waals surface area contributed by atoms with Crippen molar-refractivity contribution < 1.29 is 28.0 Å². The van der Waals surface area contributed by atoms with Gasteiger partial charge in [0.25, 0.3) is 0 Å². The summed E-state index contributed by atoms with van der Waals surface area (Å²) in [6, 6.07) is 5.88. The van der Waals surface area contributed by atoms with Crippen LogP contribution < -0.4 is 21.8 Å². The first-order valence-electron chi connectivity index (χ1n) is 11.3. The number of sulfone groups is 1. The van der Waals surface area contributed by atoms with Gasteiger partial charge in [0, 0.05) is 6.04 Å². The predicted octanol–water partition coefficient (Wildman–Crippen LogP) is 0.457. The summed E-state index contributed by atoms with van der Waals surface area (Å²) >= 11 is 0. The number of nitrogens with one attached hydrogen (secondary N) is 3. The molecule has 3 atom stereocenters. The maximum atomic E-state index is 12.9. The fourth-order valence-corrected chi connectivity index (χ4v) is 5.64. The van der Waals surface area contributed by atoms with E-state index in [2.05, 4.69) is 16.1 Å². The Bertz CT molecular complexity index is 933. The minimum absolute atomic E-state index is 0.0167. The number of benzene rings is 1. The molecule has 1 aromatic carbocycles. The second kappa shape index (κ2) is 10.9. The molecule has 0 bridgehead atoms. The van der Waals surface area contributed by atoms with Crippen molar-refractivity contribution in [3.05, 3.63) is 29.8 Å². The number of rotatable bonds is 10. The lowest BCUT2D eigenvalue weighted by Crippen LogP contribution is -2.61. The minimum atomic E-state index is -4.45. The van der Waals surface area contributed by atoms with Gasteiger partial charge in [-0.3, -0.25) is 9.63 Å². The average molecular weight is 483 g/mol. The molecule has 184 valence electrons. The summed E-state index contributed by atoms with van der Waals surface area (Å²) in [5, 5.41) is 15.3. The highest BCUT2D eigenvalue weighted by Crippen LogP contribution is 2.25. The van der Waals surface area contributed by atoms with Gasteiger partial charge in [-0.15, -0.1) is 0 Å². The summed E-state index contributed by atoms with van der Waals surface area (Å²) in [6.45, 7) is 3.14. The van der Waals surface area contributed by atoms with Gasteiger partial charge in [-0.1, -0.05) is 17.7 Å². The molecule has 0 unspecified atom stereocenters. The molecule has 2 heterocycles. The maximum Gasteiger partial charge on any atom is 0.341 e. The van der Waals surface area contributed by atoms with E-state index in [1.807, 2.05) is 0 Å². The molecule has 0 aliphatic carbocycles. The van der Waals surface area contributed by atoms with E-state index in [0.717, 1.165) is 31.5 Å². The molecule has 10 nitrogen and oxygen atoms in total. The van der Waals surface area contributed by atoms with Crippen LogP contribution in [0.3, 0.4) is 0 Å². The first-order valence-corrected chi connectivity index (χ1v) is 12.8. The number of carbonyl (C=O) groups is 2. The quantitative estimate of drug-likeness (QED) is 0.319. The van der Waals surface area contributed by atoms with Crippen LogP contribution in [0.4, 0.5) is 0 Å². The summed E-state index contributed by atoms with van der Waals surface area (Å²) in [4.78, 5) is 26.8. The highest BCUT2D eigenvalue weighted by Gasteiger charge is 2.49. The summed E-state index contributed by atoms with van der Waals surface area (Å²) in [7, 11) is -4.45. The molecular formula is C22H34N4O6S. The number of carbonyl (C=O) groups excluding carboxylic acids is 1. The first-order chi connectivity index (χ1) is 15.6. The van der Waals surface area contributed by atoms with Crippen LogP contribution in [0.2, 0.25) is 0 Å². The summed E-state index contributed by atoms with van der Waals surface area (Å²) in [5.74, 6) is -1.55. The molecule has 0 radical (unpaired) electrons. The molecule has 0 aromatic heterocycles. The van der Waals surface area contributed by atoms with Crippen LogP contribution >= 0.6 is 0 Å². The number of amides is 1. The fraction of sp³-hybridized carbons (Fsp3) is 0.636. The van der Waals surface area contributed by atoms with Crippen molar-refractivity contribution in [2.45, 2.75) is 67.4 Å². The van der Waals surface area contributed by atoms with Gasteiger partial charge in [0.15, 0.2) is 0 Å². The number of hydrogen-bond donors (Lipinski definition) is 5. The van der Waals surface area contributed by atoms with E-state index >= 15 is 0 Å².